The molecule has 0 atom stereocenters. The zero-order valence-electron chi connectivity index (χ0n) is 31.2. The molecule has 5 aromatic rings. The predicted octanol–water partition coefficient (Wildman–Crippen LogP) is 6.18. The molecule has 58 heavy (non-hydrogen) atoms. The molecule has 5 rings (SSSR count). The van der Waals surface area contributed by atoms with Crippen molar-refractivity contribution in [2.24, 2.45) is 10.2 Å². The molecule has 0 fully saturated rings. The minimum Gasteiger partial charge on any atom is -0.494 e. The zero-order valence-corrected chi connectivity index (χ0v) is 33.7. The molecule has 0 unspecified atom stereocenters. The van der Waals surface area contributed by atoms with Crippen LogP contribution in [0.3, 0.4) is 0 Å². The van der Waals surface area contributed by atoms with E-state index in [0.717, 1.165) is 19.8 Å². The van der Waals surface area contributed by atoms with Crippen LogP contribution in [0.5, 0.6) is 11.5 Å². The van der Waals surface area contributed by atoms with Gasteiger partial charge < -0.3 is 36.3 Å². The van der Waals surface area contributed by atoms with E-state index in [9.17, 15) is 16.8 Å². The Kier molecular flexibility index (Phi) is 15.3. The number of nitrogens with zero attached hydrogens (tertiary/aromatic N) is 5. The van der Waals surface area contributed by atoms with Gasteiger partial charge in [0.15, 0.2) is 0 Å². The first-order valence-electron chi connectivity index (χ1n) is 16.7. The second kappa shape index (κ2) is 20.5. The van der Waals surface area contributed by atoms with E-state index in [0.29, 0.717) is 45.6 Å². The standard InChI is InChI=1S/C34H38N10O11S3/c1-49-30-19-25(43-41-23-8-5-7-22(17-23)21-53-54-55-56)11-13-28(30)36-33-38-32(35-15-16-57(45,46)51-3)39-34(40-33)37-29-14-12-26(20-31(29)50-2)44-42-24-9-6-10-27(18-24)58(47,48)52-4/h5-14,17-20,42,44,56H,15-16,21H2,1-4H3,(H3,35,36,37,38,39,40). The normalized spacial score (nSPS) is 11.6. The molecule has 5 N–H and O–H groups in total. The summed E-state index contributed by atoms with van der Waals surface area (Å²) in [4.78, 5) is 18.2. The van der Waals surface area contributed by atoms with Gasteiger partial charge in [-0.2, -0.15) is 42.0 Å². The van der Waals surface area contributed by atoms with Crippen LogP contribution in [0.2, 0.25) is 0 Å². The number of methoxy groups -OCH3 is 2. The van der Waals surface area contributed by atoms with Crippen molar-refractivity contribution in [2.45, 2.75) is 11.5 Å². The summed E-state index contributed by atoms with van der Waals surface area (Å²) >= 11 is 3.44. The van der Waals surface area contributed by atoms with Crippen molar-refractivity contribution in [3.63, 3.8) is 0 Å². The molecule has 24 heteroatoms. The third kappa shape index (κ3) is 12.6. The second-order valence-corrected chi connectivity index (χ2v) is 15.1. The lowest BCUT2D eigenvalue weighted by Crippen LogP contribution is -2.18. The van der Waals surface area contributed by atoms with Gasteiger partial charge in [-0.15, -0.1) is 4.33 Å². The van der Waals surface area contributed by atoms with Crippen molar-refractivity contribution in [1.82, 2.24) is 15.0 Å². The molecule has 0 bridgehead atoms. The highest BCUT2D eigenvalue weighted by Crippen LogP contribution is 2.34. The summed E-state index contributed by atoms with van der Waals surface area (Å²) in [6.07, 6.45) is 0. The van der Waals surface area contributed by atoms with Crippen molar-refractivity contribution in [3.8, 4) is 11.5 Å². The van der Waals surface area contributed by atoms with Gasteiger partial charge in [-0.1, -0.05) is 23.2 Å². The quantitative estimate of drug-likeness (QED) is 0.00864. The van der Waals surface area contributed by atoms with Gasteiger partial charge in [0.1, 0.15) is 18.1 Å². The third-order valence-electron chi connectivity index (χ3n) is 7.59. The first-order valence-corrected chi connectivity index (χ1v) is 20.0. The van der Waals surface area contributed by atoms with Crippen LogP contribution in [0.25, 0.3) is 0 Å². The number of hydrazine groups is 1. The molecule has 0 spiro atoms. The number of ether oxygens (including phenoxy) is 2. The van der Waals surface area contributed by atoms with Crippen LogP contribution in [0.4, 0.5) is 52.0 Å². The SMILES string of the molecule is COc1cc(N=Nc2cccc(COOOS)c2)ccc1Nc1nc(NCCS(=O)(=O)OC)nc(Nc2ccc(NNc3cccc(S(=O)(=O)OC)c3)cc2OC)n1. The zero-order chi connectivity index (χ0) is 41.5. The Hall–Kier alpha value is -5.86. The summed E-state index contributed by atoms with van der Waals surface area (Å²) in [5.74, 6) is 0.556. The van der Waals surface area contributed by atoms with E-state index in [4.69, 9.17) is 14.4 Å². The molecule has 0 amide bonds. The molecular weight excluding hydrogens is 821 g/mol. The lowest BCUT2D eigenvalue weighted by Gasteiger charge is -2.16. The summed E-state index contributed by atoms with van der Waals surface area (Å²) in [6, 6.07) is 23.3. The number of aromatic nitrogens is 3. The van der Waals surface area contributed by atoms with E-state index in [2.05, 4.69) is 82.6 Å². The summed E-state index contributed by atoms with van der Waals surface area (Å²) in [7, 11) is -2.54. The van der Waals surface area contributed by atoms with Gasteiger partial charge in [-0.25, -0.2) is 4.89 Å². The molecule has 0 saturated carbocycles. The first-order chi connectivity index (χ1) is 27.9. The maximum absolute atomic E-state index is 12.1. The van der Waals surface area contributed by atoms with Crippen LogP contribution in [0.1, 0.15) is 5.56 Å². The highest BCUT2D eigenvalue weighted by Gasteiger charge is 2.16. The number of hydrogen-bond donors (Lipinski definition) is 6. The van der Waals surface area contributed by atoms with Gasteiger partial charge in [0.2, 0.25) is 17.8 Å². The van der Waals surface area contributed by atoms with E-state index < -0.39 is 20.2 Å². The van der Waals surface area contributed by atoms with Crippen molar-refractivity contribution in [2.75, 3.05) is 67.5 Å². The molecule has 1 heterocycles. The Morgan fingerprint density at radius 1 is 0.672 bits per heavy atom. The third-order valence-corrected chi connectivity index (χ3v) is 10.1. The number of azo groups is 1. The molecular formula is C34H38N10O11S3. The predicted molar refractivity (Wildman–Crippen MR) is 216 cm³/mol. The summed E-state index contributed by atoms with van der Waals surface area (Å²) in [6.45, 7) is 0.0163. The molecule has 0 saturated heterocycles. The van der Waals surface area contributed by atoms with E-state index in [1.54, 1.807) is 66.7 Å². The lowest BCUT2D eigenvalue weighted by atomic mass is 10.2. The average molecular weight is 859 g/mol. The van der Waals surface area contributed by atoms with E-state index in [1.165, 1.54) is 26.4 Å². The summed E-state index contributed by atoms with van der Waals surface area (Å²) in [5.41, 5.74) is 9.66. The van der Waals surface area contributed by atoms with Gasteiger partial charge in [-0.3, -0.25) is 8.37 Å². The number of rotatable bonds is 22. The topological polar surface area (TPSA) is 256 Å². The molecule has 0 aliphatic heterocycles. The fraction of sp³-hybridized carbons (Fsp3) is 0.206. The maximum atomic E-state index is 12.1. The Labute approximate surface area is 339 Å². The summed E-state index contributed by atoms with van der Waals surface area (Å²) in [5, 5.41) is 22.0. The molecule has 308 valence electrons. The van der Waals surface area contributed by atoms with Gasteiger partial charge >= 0.3 is 0 Å². The van der Waals surface area contributed by atoms with Crippen LogP contribution in [0, 0.1) is 0 Å². The van der Waals surface area contributed by atoms with Crippen molar-refractivity contribution >= 4 is 85.1 Å². The fourth-order valence-electron chi connectivity index (χ4n) is 4.80. The van der Waals surface area contributed by atoms with Crippen molar-refractivity contribution < 1.29 is 48.9 Å². The van der Waals surface area contributed by atoms with Gasteiger partial charge in [-0.05, 0) is 60.2 Å². The molecule has 0 radical (unpaired) electrons. The second-order valence-electron chi connectivity index (χ2n) is 11.4. The van der Waals surface area contributed by atoms with Crippen molar-refractivity contribution in [3.05, 3.63) is 90.5 Å². The Balaban J connectivity index is 1.35. The number of anilines is 7. The molecule has 0 aliphatic carbocycles. The molecule has 0 aliphatic rings. The number of nitrogens with one attached hydrogen (secondary N) is 5. The van der Waals surface area contributed by atoms with Gasteiger partial charge in [0.05, 0.1) is 73.2 Å². The fourth-order valence-corrected chi connectivity index (χ4v) is 6.07. The monoisotopic (exact) mass is 858 g/mol. The summed E-state index contributed by atoms with van der Waals surface area (Å²) < 4.78 is 72.6. The first kappa shape index (κ1) is 43.3. The molecule has 21 nitrogen and oxygen atoms in total. The largest absolute Gasteiger partial charge is 0.494 e. The smallest absolute Gasteiger partial charge is 0.296 e. The Morgan fingerprint density at radius 3 is 1.95 bits per heavy atom. The van der Waals surface area contributed by atoms with E-state index in [-0.39, 0.29) is 41.6 Å². The molecule has 1 aromatic heterocycles. The maximum Gasteiger partial charge on any atom is 0.296 e. The van der Waals surface area contributed by atoms with E-state index in [1.807, 2.05) is 6.07 Å². The van der Waals surface area contributed by atoms with Crippen LogP contribution in [-0.2, 0) is 49.5 Å². The minimum absolute atomic E-state index is 0.0184. The van der Waals surface area contributed by atoms with Gasteiger partial charge in [0, 0.05) is 31.6 Å². The lowest BCUT2D eigenvalue weighted by molar-refractivity contribution is -0.465. The number of benzene rings is 4. The number of thiol groups is 1. The van der Waals surface area contributed by atoms with Crippen LogP contribution in [0.15, 0.2) is 100 Å². The average Bonchev–Trinajstić information content (AvgIpc) is 3.23. The van der Waals surface area contributed by atoms with E-state index >= 15 is 0 Å². The highest BCUT2D eigenvalue weighted by atomic mass is 32.2. The van der Waals surface area contributed by atoms with Gasteiger partial charge in [0.25, 0.3) is 20.2 Å². The number of hydrogen-bond acceptors (Lipinski definition) is 22. The Morgan fingerprint density at radius 2 is 1.29 bits per heavy atom. The van der Waals surface area contributed by atoms with Crippen molar-refractivity contribution in [1.29, 1.82) is 0 Å². The van der Waals surface area contributed by atoms with Crippen LogP contribution >= 0.6 is 12.9 Å². The minimum atomic E-state index is -3.88. The van der Waals surface area contributed by atoms with Crippen LogP contribution in [-0.4, -0.2) is 72.5 Å². The van der Waals surface area contributed by atoms with Crippen LogP contribution < -0.4 is 36.3 Å². The Bertz CT molecular complexity index is 2430. The highest BCUT2D eigenvalue weighted by molar-refractivity contribution is 7.87. The molecule has 4 aromatic carbocycles.